The molecule has 1 aliphatic rings. The standard InChI is InChI=1S/C16H23Cl2N/c1-11-8-16(9-11,10-19-15(2,3)4)13-6-5-12(17)7-14(13)18/h5-7,11,19H,8-10H2,1-4H3. The normalized spacial score (nSPS) is 27.2. The summed E-state index contributed by atoms with van der Waals surface area (Å²) in [5.74, 6) is 0.772. The van der Waals surface area contributed by atoms with E-state index in [9.17, 15) is 0 Å². The van der Waals surface area contributed by atoms with Gasteiger partial charge in [-0.25, -0.2) is 0 Å². The summed E-state index contributed by atoms with van der Waals surface area (Å²) < 4.78 is 0. The molecule has 2 rings (SSSR count). The van der Waals surface area contributed by atoms with E-state index < -0.39 is 0 Å². The van der Waals surface area contributed by atoms with Gasteiger partial charge in [-0.3, -0.25) is 0 Å². The van der Waals surface area contributed by atoms with Gasteiger partial charge >= 0.3 is 0 Å². The maximum Gasteiger partial charge on any atom is 0.0458 e. The fourth-order valence-electron chi connectivity index (χ4n) is 3.09. The van der Waals surface area contributed by atoms with Gasteiger partial charge in [-0.1, -0.05) is 36.2 Å². The first kappa shape index (κ1) is 15.2. The highest BCUT2D eigenvalue weighted by Crippen LogP contribution is 2.49. The lowest BCUT2D eigenvalue weighted by Crippen LogP contribution is -2.52. The first-order valence-electron chi connectivity index (χ1n) is 6.92. The summed E-state index contributed by atoms with van der Waals surface area (Å²) in [4.78, 5) is 0. The van der Waals surface area contributed by atoms with E-state index in [0.29, 0.717) is 5.02 Å². The van der Waals surface area contributed by atoms with Gasteiger partial charge in [-0.2, -0.15) is 0 Å². The first-order valence-corrected chi connectivity index (χ1v) is 7.68. The van der Waals surface area contributed by atoms with Crippen molar-refractivity contribution in [1.29, 1.82) is 0 Å². The highest BCUT2D eigenvalue weighted by atomic mass is 35.5. The smallest absolute Gasteiger partial charge is 0.0458 e. The van der Waals surface area contributed by atoms with Crippen molar-refractivity contribution in [2.75, 3.05) is 6.54 Å². The maximum atomic E-state index is 6.41. The lowest BCUT2D eigenvalue weighted by molar-refractivity contribution is 0.142. The van der Waals surface area contributed by atoms with Crippen LogP contribution in [0, 0.1) is 5.92 Å². The quantitative estimate of drug-likeness (QED) is 0.823. The van der Waals surface area contributed by atoms with Crippen LogP contribution in [0.5, 0.6) is 0 Å². The molecule has 0 amide bonds. The zero-order chi connectivity index (χ0) is 14.3. The van der Waals surface area contributed by atoms with Gasteiger partial charge < -0.3 is 5.32 Å². The van der Waals surface area contributed by atoms with E-state index in [1.807, 2.05) is 12.1 Å². The third-order valence-electron chi connectivity index (χ3n) is 3.94. The number of benzene rings is 1. The van der Waals surface area contributed by atoms with E-state index in [-0.39, 0.29) is 11.0 Å². The highest BCUT2D eigenvalue weighted by Gasteiger charge is 2.44. The van der Waals surface area contributed by atoms with E-state index in [1.54, 1.807) is 0 Å². The Morgan fingerprint density at radius 1 is 1.26 bits per heavy atom. The van der Waals surface area contributed by atoms with Crippen LogP contribution in [0.4, 0.5) is 0 Å². The third-order valence-corrected chi connectivity index (χ3v) is 4.49. The fraction of sp³-hybridized carbons (Fsp3) is 0.625. The summed E-state index contributed by atoms with van der Waals surface area (Å²) in [5.41, 5.74) is 1.55. The van der Waals surface area contributed by atoms with Gasteiger partial charge in [0.2, 0.25) is 0 Å². The summed E-state index contributed by atoms with van der Waals surface area (Å²) in [6.07, 6.45) is 2.38. The SMILES string of the molecule is CC1CC(CNC(C)(C)C)(c2ccc(Cl)cc2Cl)C1. The predicted molar refractivity (Wildman–Crippen MR) is 84.3 cm³/mol. The minimum absolute atomic E-state index is 0.130. The molecule has 0 unspecified atom stereocenters. The van der Waals surface area contributed by atoms with Crippen LogP contribution in [0.1, 0.15) is 46.1 Å². The van der Waals surface area contributed by atoms with Crippen molar-refractivity contribution >= 4 is 23.2 Å². The molecule has 0 bridgehead atoms. The molecule has 0 aliphatic heterocycles. The molecule has 19 heavy (non-hydrogen) atoms. The summed E-state index contributed by atoms with van der Waals surface area (Å²) in [5, 5.41) is 5.14. The van der Waals surface area contributed by atoms with Crippen molar-refractivity contribution in [3.63, 3.8) is 0 Å². The Bertz CT molecular complexity index is 456. The second kappa shape index (κ2) is 5.27. The molecule has 1 N–H and O–H groups in total. The van der Waals surface area contributed by atoms with Gasteiger partial charge in [0.05, 0.1) is 0 Å². The van der Waals surface area contributed by atoms with Gasteiger partial charge in [0.15, 0.2) is 0 Å². The minimum Gasteiger partial charge on any atom is -0.311 e. The van der Waals surface area contributed by atoms with Crippen molar-refractivity contribution in [1.82, 2.24) is 5.32 Å². The zero-order valence-electron chi connectivity index (χ0n) is 12.2. The molecule has 106 valence electrons. The molecular formula is C16H23Cl2N. The Kier molecular flexibility index (Phi) is 4.21. The van der Waals surface area contributed by atoms with Crippen LogP contribution >= 0.6 is 23.2 Å². The molecule has 0 heterocycles. The molecule has 0 radical (unpaired) electrons. The van der Waals surface area contributed by atoms with E-state index in [0.717, 1.165) is 17.5 Å². The van der Waals surface area contributed by atoms with Crippen molar-refractivity contribution in [3.05, 3.63) is 33.8 Å². The minimum atomic E-state index is 0.130. The van der Waals surface area contributed by atoms with E-state index in [4.69, 9.17) is 23.2 Å². The molecule has 3 heteroatoms. The van der Waals surface area contributed by atoms with Crippen LogP contribution in [0.15, 0.2) is 18.2 Å². The predicted octanol–water partition coefficient (Wildman–Crippen LogP) is 5.05. The largest absolute Gasteiger partial charge is 0.311 e. The molecule has 1 aromatic rings. The maximum absolute atomic E-state index is 6.41. The van der Waals surface area contributed by atoms with Gasteiger partial charge in [0.25, 0.3) is 0 Å². The molecule has 1 saturated carbocycles. The van der Waals surface area contributed by atoms with Crippen LogP contribution in [0.3, 0.4) is 0 Å². The Morgan fingerprint density at radius 2 is 1.89 bits per heavy atom. The van der Waals surface area contributed by atoms with Crippen molar-refractivity contribution in [3.8, 4) is 0 Å². The molecule has 0 spiro atoms. The molecule has 0 saturated heterocycles. The van der Waals surface area contributed by atoms with Crippen LogP contribution in [0.2, 0.25) is 10.0 Å². The van der Waals surface area contributed by atoms with Crippen molar-refractivity contribution < 1.29 is 0 Å². The van der Waals surface area contributed by atoms with E-state index in [1.165, 1.54) is 18.4 Å². The molecular weight excluding hydrogens is 277 g/mol. The number of halogens is 2. The number of nitrogens with one attached hydrogen (secondary N) is 1. The summed E-state index contributed by atoms with van der Waals surface area (Å²) >= 11 is 12.4. The number of rotatable bonds is 3. The molecule has 1 aromatic carbocycles. The molecule has 1 fully saturated rings. The van der Waals surface area contributed by atoms with Gasteiger partial charge in [-0.05, 0) is 57.2 Å². The van der Waals surface area contributed by atoms with Gasteiger partial charge in [0, 0.05) is 27.5 Å². The summed E-state index contributed by atoms with van der Waals surface area (Å²) in [7, 11) is 0. The third kappa shape index (κ3) is 3.45. The first-order chi connectivity index (χ1) is 8.72. The summed E-state index contributed by atoms with van der Waals surface area (Å²) in [6, 6.07) is 5.91. The van der Waals surface area contributed by atoms with Crippen LogP contribution in [0.25, 0.3) is 0 Å². The zero-order valence-corrected chi connectivity index (χ0v) is 13.7. The number of hydrogen-bond donors (Lipinski definition) is 1. The average Bonchev–Trinajstić information content (AvgIpc) is 2.22. The monoisotopic (exact) mass is 299 g/mol. The Hall–Kier alpha value is -0.240. The average molecular weight is 300 g/mol. The second-order valence-corrected chi connectivity index (χ2v) is 7.87. The Balaban J connectivity index is 2.24. The van der Waals surface area contributed by atoms with Crippen LogP contribution in [-0.4, -0.2) is 12.1 Å². The van der Waals surface area contributed by atoms with Crippen LogP contribution < -0.4 is 5.32 Å². The van der Waals surface area contributed by atoms with E-state index >= 15 is 0 Å². The topological polar surface area (TPSA) is 12.0 Å². The molecule has 0 atom stereocenters. The van der Waals surface area contributed by atoms with Gasteiger partial charge in [0.1, 0.15) is 0 Å². The summed E-state index contributed by atoms with van der Waals surface area (Å²) in [6.45, 7) is 9.88. The van der Waals surface area contributed by atoms with Crippen LogP contribution in [-0.2, 0) is 5.41 Å². The highest BCUT2D eigenvalue weighted by molar-refractivity contribution is 6.35. The molecule has 0 aromatic heterocycles. The molecule has 1 nitrogen and oxygen atoms in total. The van der Waals surface area contributed by atoms with E-state index in [2.05, 4.69) is 39.1 Å². The molecule has 1 aliphatic carbocycles. The van der Waals surface area contributed by atoms with Crippen molar-refractivity contribution in [2.45, 2.75) is 51.5 Å². The lowest BCUT2D eigenvalue weighted by atomic mass is 9.59. The van der Waals surface area contributed by atoms with Gasteiger partial charge in [-0.15, -0.1) is 0 Å². The second-order valence-electron chi connectivity index (χ2n) is 7.02. The lowest BCUT2D eigenvalue weighted by Gasteiger charge is -2.49. The van der Waals surface area contributed by atoms with Crippen molar-refractivity contribution in [2.24, 2.45) is 5.92 Å². The fourth-order valence-corrected chi connectivity index (χ4v) is 3.70. The Morgan fingerprint density at radius 3 is 2.37 bits per heavy atom. The number of hydrogen-bond acceptors (Lipinski definition) is 1. The Labute approximate surface area is 126 Å².